The van der Waals surface area contributed by atoms with Crippen molar-refractivity contribution in [2.75, 3.05) is 0 Å². The van der Waals surface area contributed by atoms with Crippen molar-refractivity contribution in [1.82, 2.24) is 9.71 Å². The van der Waals surface area contributed by atoms with Gasteiger partial charge in [0, 0.05) is 21.6 Å². The van der Waals surface area contributed by atoms with Crippen LogP contribution in [0.4, 0.5) is 0 Å². The van der Waals surface area contributed by atoms with Gasteiger partial charge in [-0.1, -0.05) is 33.6 Å². The first kappa shape index (κ1) is 16.7. The molecule has 1 aromatic heterocycles. The zero-order valence-electron chi connectivity index (χ0n) is 12.8. The van der Waals surface area contributed by atoms with Gasteiger partial charge in [-0.05, 0) is 42.8 Å². The van der Waals surface area contributed by atoms with Gasteiger partial charge in [0.1, 0.15) is 0 Å². The molecule has 0 saturated heterocycles. The average Bonchev–Trinajstić information content (AvgIpc) is 2.89. The van der Waals surface area contributed by atoms with Crippen LogP contribution in [-0.4, -0.2) is 19.3 Å². The molecule has 3 rings (SSSR count). The van der Waals surface area contributed by atoms with Crippen molar-refractivity contribution in [1.29, 1.82) is 0 Å². The van der Waals surface area contributed by atoms with E-state index in [1.54, 1.807) is 18.3 Å². The van der Waals surface area contributed by atoms with Gasteiger partial charge < -0.3 is 4.98 Å². The Labute approximate surface area is 148 Å². The smallest absolute Gasteiger partial charge is 0.264 e. The van der Waals surface area contributed by atoms with Crippen molar-refractivity contribution in [3.05, 3.63) is 64.3 Å². The van der Waals surface area contributed by atoms with Crippen LogP contribution in [0.1, 0.15) is 11.1 Å². The SMILES string of the molecule is Cc1ccc(S(=O)(=O)NC(=O)Cc2c[nH]c3ccc(Br)cc23)cc1. The molecule has 0 aliphatic heterocycles. The fourth-order valence-corrected chi connectivity index (χ4v) is 3.78. The van der Waals surface area contributed by atoms with E-state index in [1.165, 1.54) is 12.1 Å². The number of benzene rings is 2. The summed E-state index contributed by atoms with van der Waals surface area (Å²) in [5.41, 5.74) is 2.58. The topological polar surface area (TPSA) is 79.0 Å². The first-order chi connectivity index (χ1) is 11.3. The first-order valence-electron chi connectivity index (χ1n) is 7.23. The van der Waals surface area contributed by atoms with Gasteiger partial charge in [0.25, 0.3) is 10.0 Å². The minimum atomic E-state index is -3.86. The van der Waals surface area contributed by atoms with Crippen LogP contribution in [-0.2, 0) is 21.2 Å². The molecule has 0 radical (unpaired) electrons. The quantitative estimate of drug-likeness (QED) is 0.697. The zero-order chi connectivity index (χ0) is 17.3. The molecule has 1 heterocycles. The number of hydrogen-bond donors (Lipinski definition) is 2. The molecular weight excluding hydrogens is 392 g/mol. The number of H-pyrrole nitrogens is 1. The summed E-state index contributed by atoms with van der Waals surface area (Å²) in [6.07, 6.45) is 1.69. The summed E-state index contributed by atoms with van der Waals surface area (Å²) in [4.78, 5) is 15.3. The number of fused-ring (bicyclic) bond motifs is 1. The van der Waals surface area contributed by atoms with Crippen molar-refractivity contribution < 1.29 is 13.2 Å². The second-order valence-corrected chi connectivity index (χ2v) is 8.12. The molecule has 0 aliphatic carbocycles. The summed E-state index contributed by atoms with van der Waals surface area (Å²) < 4.78 is 27.5. The molecule has 0 unspecified atom stereocenters. The summed E-state index contributed by atoms with van der Waals surface area (Å²) in [5.74, 6) is -0.573. The van der Waals surface area contributed by atoms with Gasteiger partial charge in [-0.25, -0.2) is 13.1 Å². The van der Waals surface area contributed by atoms with Gasteiger partial charge in [-0.3, -0.25) is 4.79 Å². The Morgan fingerprint density at radius 1 is 1.17 bits per heavy atom. The molecule has 0 atom stereocenters. The number of nitrogens with one attached hydrogen (secondary N) is 2. The lowest BCUT2D eigenvalue weighted by atomic mass is 10.1. The van der Waals surface area contributed by atoms with Gasteiger partial charge in [-0.2, -0.15) is 0 Å². The molecule has 0 bridgehead atoms. The summed E-state index contributed by atoms with van der Waals surface area (Å²) in [7, 11) is -3.86. The summed E-state index contributed by atoms with van der Waals surface area (Å²) in [6, 6.07) is 12.0. The number of aromatic amines is 1. The number of aromatic nitrogens is 1. The van der Waals surface area contributed by atoms with Crippen LogP contribution in [0.5, 0.6) is 0 Å². The van der Waals surface area contributed by atoms with Crippen LogP contribution in [0, 0.1) is 6.92 Å². The van der Waals surface area contributed by atoms with Crippen LogP contribution in [0.15, 0.2) is 58.0 Å². The Bertz CT molecular complexity index is 1010. The van der Waals surface area contributed by atoms with Crippen molar-refractivity contribution in [2.45, 2.75) is 18.2 Å². The molecule has 0 aliphatic rings. The van der Waals surface area contributed by atoms with Crippen molar-refractivity contribution >= 4 is 42.8 Å². The summed E-state index contributed by atoms with van der Waals surface area (Å²) in [5, 5.41) is 0.882. The van der Waals surface area contributed by atoms with Crippen molar-refractivity contribution in [2.24, 2.45) is 0 Å². The maximum Gasteiger partial charge on any atom is 0.264 e. The molecule has 2 N–H and O–H groups in total. The third-order valence-corrected chi connectivity index (χ3v) is 5.54. The molecule has 0 spiro atoms. The van der Waals surface area contributed by atoms with Gasteiger partial charge in [-0.15, -0.1) is 0 Å². The molecule has 0 fully saturated rings. The van der Waals surface area contributed by atoms with E-state index in [0.717, 1.165) is 26.5 Å². The third-order valence-electron chi connectivity index (χ3n) is 3.66. The molecule has 7 heteroatoms. The lowest BCUT2D eigenvalue weighted by molar-refractivity contribution is -0.118. The maximum absolute atomic E-state index is 12.3. The van der Waals surface area contributed by atoms with Crippen LogP contribution in [0.25, 0.3) is 10.9 Å². The fraction of sp³-hybridized carbons (Fsp3) is 0.118. The van der Waals surface area contributed by atoms with Crippen LogP contribution >= 0.6 is 15.9 Å². The van der Waals surface area contributed by atoms with Gasteiger partial charge in [0.2, 0.25) is 5.91 Å². The number of rotatable bonds is 4. The Morgan fingerprint density at radius 3 is 2.58 bits per heavy atom. The number of carbonyl (C=O) groups excluding carboxylic acids is 1. The van der Waals surface area contributed by atoms with Crippen molar-refractivity contribution in [3.63, 3.8) is 0 Å². The molecule has 124 valence electrons. The highest BCUT2D eigenvalue weighted by Crippen LogP contribution is 2.23. The fourth-order valence-electron chi connectivity index (χ4n) is 2.43. The van der Waals surface area contributed by atoms with Gasteiger partial charge in [0.15, 0.2) is 0 Å². The number of halogens is 1. The maximum atomic E-state index is 12.3. The molecule has 2 aromatic carbocycles. The van der Waals surface area contributed by atoms with Crippen LogP contribution in [0.3, 0.4) is 0 Å². The Morgan fingerprint density at radius 2 is 1.88 bits per heavy atom. The number of hydrogen-bond acceptors (Lipinski definition) is 3. The normalized spacial score (nSPS) is 11.6. The number of carbonyl (C=O) groups is 1. The molecule has 24 heavy (non-hydrogen) atoms. The number of aryl methyl sites for hydroxylation is 1. The minimum absolute atomic E-state index is 0.0262. The highest BCUT2D eigenvalue weighted by Gasteiger charge is 2.18. The van der Waals surface area contributed by atoms with E-state index < -0.39 is 15.9 Å². The molecule has 5 nitrogen and oxygen atoms in total. The van der Waals surface area contributed by atoms with E-state index >= 15 is 0 Å². The van der Waals surface area contributed by atoms with Crippen LogP contribution in [0.2, 0.25) is 0 Å². The zero-order valence-corrected chi connectivity index (χ0v) is 15.2. The van der Waals surface area contributed by atoms with E-state index in [1.807, 2.05) is 25.1 Å². The lowest BCUT2D eigenvalue weighted by Gasteiger charge is -2.07. The highest BCUT2D eigenvalue weighted by molar-refractivity contribution is 9.10. The van der Waals surface area contributed by atoms with Crippen LogP contribution < -0.4 is 4.72 Å². The first-order valence-corrected chi connectivity index (χ1v) is 9.50. The number of amides is 1. The van der Waals surface area contributed by atoms with Gasteiger partial charge in [0.05, 0.1) is 11.3 Å². The monoisotopic (exact) mass is 406 g/mol. The molecule has 3 aromatic rings. The Kier molecular flexibility index (Phi) is 4.47. The standard InChI is InChI=1S/C17H15BrN2O3S/c1-11-2-5-14(6-3-11)24(22,23)20-17(21)8-12-10-19-16-7-4-13(18)9-15(12)16/h2-7,9-10,19H,8H2,1H3,(H,20,21). The second kappa shape index (κ2) is 6.41. The highest BCUT2D eigenvalue weighted by atomic mass is 79.9. The third kappa shape index (κ3) is 3.52. The molecule has 1 amide bonds. The van der Waals surface area contributed by atoms with E-state index in [-0.39, 0.29) is 11.3 Å². The molecular formula is C17H15BrN2O3S. The summed E-state index contributed by atoms with van der Waals surface area (Å²) >= 11 is 3.39. The minimum Gasteiger partial charge on any atom is -0.361 e. The number of sulfonamides is 1. The van der Waals surface area contributed by atoms with Gasteiger partial charge >= 0.3 is 0 Å². The molecule has 0 saturated carbocycles. The van der Waals surface area contributed by atoms with Crippen molar-refractivity contribution in [3.8, 4) is 0 Å². The van der Waals surface area contributed by atoms with E-state index in [4.69, 9.17) is 0 Å². The second-order valence-electron chi connectivity index (χ2n) is 5.52. The van der Waals surface area contributed by atoms with E-state index in [2.05, 4.69) is 25.6 Å². The lowest BCUT2D eigenvalue weighted by Crippen LogP contribution is -2.31. The van der Waals surface area contributed by atoms with E-state index in [9.17, 15) is 13.2 Å². The average molecular weight is 407 g/mol. The largest absolute Gasteiger partial charge is 0.361 e. The predicted molar refractivity (Wildman–Crippen MR) is 96.2 cm³/mol. The summed E-state index contributed by atoms with van der Waals surface area (Å²) in [6.45, 7) is 1.87. The predicted octanol–water partition coefficient (Wildman–Crippen LogP) is 3.29. The Hall–Kier alpha value is -2.12. The van der Waals surface area contributed by atoms with E-state index in [0.29, 0.717) is 0 Å². The Balaban J connectivity index is 1.79.